The molecule has 0 atom stereocenters. The molecule has 0 aliphatic rings. The van der Waals surface area contributed by atoms with Gasteiger partial charge in [-0.2, -0.15) is 5.10 Å². The zero-order valence-corrected chi connectivity index (χ0v) is 13.1. The molecule has 1 heterocycles. The van der Waals surface area contributed by atoms with Crippen LogP contribution in [0.4, 0.5) is 0 Å². The van der Waals surface area contributed by atoms with Gasteiger partial charge in [-0.1, -0.05) is 41.9 Å². The van der Waals surface area contributed by atoms with E-state index in [4.69, 9.17) is 23.8 Å². The van der Waals surface area contributed by atoms with Crippen LogP contribution in [0, 0.1) is 0 Å². The van der Waals surface area contributed by atoms with Gasteiger partial charge < -0.3 is 10.2 Å². The van der Waals surface area contributed by atoms with Gasteiger partial charge in [-0.05, 0) is 17.8 Å². The molecule has 4 nitrogen and oxygen atoms in total. The second-order valence-electron chi connectivity index (χ2n) is 4.56. The first-order valence-corrected chi connectivity index (χ1v) is 7.06. The second kappa shape index (κ2) is 6.72. The lowest BCUT2D eigenvalue weighted by atomic mass is 10.2. The third-order valence-corrected chi connectivity index (χ3v) is 3.80. The molecule has 0 aliphatic carbocycles. The Morgan fingerprint density at radius 3 is 2.70 bits per heavy atom. The van der Waals surface area contributed by atoms with Crippen molar-refractivity contribution < 1.29 is 0 Å². The molecule has 6 heteroatoms. The molecular weight excluding hydrogens is 292 g/mol. The van der Waals surface area contributed by atoms with E-state index in [2.05, 4.69) is 22.5 Å². The minimum atomic E-state index is 0.621. The summed E-state index contributed by atoms with van der Waals surface area (Å²) in [5, 5.41) is 8.70. The van der Waals surface area contributed by atoms with Crippen molar-refractivity contribution in [1.29, 1.82) is 0 Å². The van der Waals surface area contributed by atoms with E-state index in [-0.39, 0.29) is 0 Å². The SMILES string of the molecule is CN(Cc1c(Cl)cnn1C)C(=S)NCc1ccccc1. The Balaban J connectivity index is 1.89. The Kier molecular flexibility index (Phi) is 4.98. The molecule has 0 fully saturated rings. The standard InChI is InChI=1S/C14H17ClN4S/c1-18(10-13-12(15)9-17-19(13)2)14(20)16-8-11-6-4-3-5-7-11/h3-7,9H,8,10H2,1-2H3,(H,16,20). The number of rotatable bonds is 4. The van der Waals surface area contributed by atoms with Crippen LogP contribution in [0.1, 0.15) is 11.3 Å². The van der Waals surface area contributed by atoms with Gasteiger partial charge >= 0.3 is 0 Å². The Morgan fingerprint density at radius 2 is 2.10 bits per heavy atom. The molecule has 0 unspecified atom stereocenters. The molecule has 2 rings (SSSR count). The van der Waals surface area contributed by atoms with E-state index < -0.39 is 0 Å². The smallest absolute Gasteiger partial charge is 0.169 e. The maximum atomic E-state index is 6.09. The number of halogens is 1. The van der Waals surface area contributed by atoms with Crippen LogP contribution < -0.4 is 5.32 Å². The quantitative estimate of drug-likeness (QED) is 0.880. The van der Waals surface area contributed by atoms with Crippen LogP contribution in [-0.4, -0.2) is 26.8 Å². The number of nitrogens with one attached hydrogen (secondary N) is 1. The van der Waals surface area contributed by atoms with Crippen molar-refractivity contribution >= 4 is 28.9 Å². The Hall–Kier alpha value is -1.59. The molecule has 0 aliphatic heterocycles. The van der Waals surface area contributed by atoms with Crippen LogP contribution in [0.2, 0.25) is 5.02 Å². The van der Waals surface area contributed by atoms with Crippen molar-refractivity contribution in [2.75, 3.05) is 7.05 Å². The molecule has 106 valence electrons. The molecule has 0 spiro atoms. The van der Waals surface area contributed by atoms with E-state index >= 15 is 0 Å². The summed E-state index contributed by atoms with van der Waals surface area (Å²) in [5.41, 5.74) is 2.14. The molecule has 0 saturated heterocycles. The number of hydrogen-bond donors (Lipinski definition) is 1. The molecule has 0 amide bonds. The zero-order valence-electron chi connectivity index (χ0n) is 11.5. The van der Waals surface area contributed by atoms with Gasteiger partial charge in [0.05, 0.1) is 23.5 Å². The molecule has 0 radical (unpaired) electrons. The average molecular weight is 309 g/mol. The van der Waals surface area contributed by atoms with Gasteiger partial charge in [0.1, 0.15) is 0 Å². The summed E-state index contributed by atoms with van der Waals surface area (Å²) in [7, 11) is 3.80. The first-order chi connectivity index (χ1) is 9.58. The highest BCUT2D eigenvalue weighted by Crippen LogP contribution is 2.15. The minimum Gasteiger partial charge on any atom is -0.358 e. The fraction of sp³-hybridized carbons (Fsp3) is 0.286. The van der Waals surface area contributed by atoms with Crippen LogP contribution in [-0.2, 0) is 20.1 Å². The molecule has 2 aromatic rings. The summed E-state index contributed by atoms with van der Waals surface area (Å²) in [6, 6.07) is 10.2. The number of aromatic nitrogens is 2. The van der Waals surface area contributed by atoms with Crippen LogP contribution in [0.5, 0.6) is 0 Å². The maximum Gasteiger partial charge on any atom is 0.169 e. The van der Waals surface area contributed by atoms with E-state index in [0.717, 1.165) is 5.69 Å². The molecule has 1 aromatic carbocycles. The first-order valence-electron chi connectivity index (χ1n) is 6.27. The molecule has 0 saturated carbocycles. The summed E-state index contributed by atoms with van der Waals surface area (Å²) in [6.07, 6.45) is 1.64. The lowest BCUT2D eigenvalue weighted by Crippen LogP contribution is -2.36. The van der Waals surface area contributed by atoms with Crippen molar-refractivity contribution in [3.8, 4) is 0 Å². The van der Waals surface area contributed by atoms with Gasteiger partial charge in [0.2, 0.25) is 0 Å². The van der Waals surface area contributed by atoms with E-state index in [1.807, 2.05) is 37.2 Å². The van der Waals surface area contributed by atoms with Gasteiger partial charge in [0.15, 0.2) is 5.11 Å². The van der Waals surface area contributed by atoms with Crippen molar-refractivity contribution in [2.45, 2.75) is 13.1 Å². The third kappa shape index (κ3) is 3.71. The Labute approximate surface area is 129 Å². The van der Waals surface area contributed by atoms with Gasteiger partial charge in [-0.15, -0.1) is 0 Å². The molecular formula is C14H17ClN4S. The number of hydrogen-bond acceptors (Lipinski definition) is 2. The van der Waals surface area contributed by atoms with Crippen LogP contribution in [0.15, 0.2) is 36.5 Å². The third-order valence-electron chi connectivity index (χ3n) is 3.03. The number of nitrogens with zero attached hydrogens (tertiary/aromatic N) is 3. The van der Waals surface area contributed by atoms with E-state index in [1.54, 1.807) is 10.9 Å². The van der Waals surface area contributed by atoms with Crippen molar-refractivity contribution in [3.63, 3.8) is 0 Å². The van der Waals surface area contributed by atoms with Gasteiger partial charge in [0, 0.05) is 20.6 Å². The van der Waals surface area contributed by atoms with Crippen molar-refractivity contribution in [1.82, 2.24) is 20.0 Å². The maximum absolute atomic E-state index is 6.09. The zero-order chi connectivity index (χ0) is 14.5. The minimum absolute atomic E-state index is 0.621. The molecule has 20 heavy (non-hydrogen) atoms. The second-order valence-corrected chi connectivity index (χ2v) is 5.36. The fourth-order valence-corrected chi connectivity index (χ4v) is 2.18. The van der Waals surface area contributed by atoms with Crippen LogP contribution in [0.25, 0.3) is 0 Å². The fourth-order valence-electron chi connectivity index (χ4n) is 1.82. The van der Waals surface area contributed by atoms with E-state index in [9.17, 15) is 0 Å². The topological polar surface area (TPSA) is 33.1 Å². The Morgan fingerprint density at radius 1 is 1.40 bits per heavy atom. The summed E-state index contributed by atoms with van der Waals surface area (Å²) >= 11 is 11.5. The first kappa shape index (κ1) is 14.8. The summed E-state index contributed by atoms with van der Waals surface area (Å²) in [6.45, 7) is 1.33. The van der Waals surface area contributed by atoms with Gasteiger partial charge in [0.25, 0.3) is 0 Å². The average Bonchev–Trinajstić information content (AvgIpc) is 2.77. The van der Waals surface area contributed by atoms with Crippen molar-refractivity contribution in [3.05, 3.63) is 52.8 Å². The highest BCUT2D eigenvalue weighted by atomic mass is 35.5. The predicted molar refractivity (Wildman–Crippen MR) is 85.6 cm³/mol. The highest BCUT2D eigenvalue weighted by molar-refractivity contribution is 7.80. The highest BCUT2D eigenvalue weighted by Gasteiger charge is 2.11. The lowest BCUT2D eigenvalue weighted by molar-refractivity contribution is 0.466. The normalized spacial score (nSPS) is 10.3. The lowest BCUT2D eigenvalue weighted by Gasteiger charge is -2.21. The van der Waals surface area contributed by atoms with E-state index in [0.29, 0.717) is 23.2 Å². The number of aryl methyl sites for hydroxylation is 1. The molecule has 0 bridgehead atoms. The van der Waals surface area contributed by atoms with E-state index in [1.165, 1.54) is 5.56 Å². The summed E-state index contributed by atoms with van der Waals surface area (Å²) in [4.78, 5) is 1.95. The Bertz CT molecular complexity index is 563. The number of benzene rings is 1. The molecule has 1 N–H and O–H groups in total. The summed E-state index contributed by atoms with van der Waals surface area (Å²) < 4.78 is 1.76. The van der Waals surface area contributed by atoms with Crippen LogP contribution in [0.3, 0.4) is 0 Å². The summed E-state index contributed by atoms with van der Waals surface area (Å²) in [5.74, 6) is 0. The predicted octanol–water partition coefficient (Wildman–Crippen LogP) is 2.58. The molecule has 1 aromatic heterocycles. The van der Waals surface area contributed by atoms with Crippen LogP contribution >= 0.6 is 23.8 Å². The van der Waals surface area contributed by atoms with Gasteiger partial charge in [-0.25, -0.2) is 0 Å². The van der Waals surface area contributed by atoms with Crippen molar-refractivity contribution in [2.24, 2.45) is 7.05 Å². The number of thiocarbonyl (C=S) groups is 1. The largest absolute Gasteiger partial charge is 0.358 e. The monoisotopic (exact) mass is 308 g/mol. The van der Waals surface area contributed by atoms with Gasteiger partial charge in [-0.3, -0.25) is 4.68 Å².